The minimum Gasteiger partial charge on any atom is -0.354 e. The number of nitrogens with one attached hydrogen (secondary N) is 1. The number of aryl methyl sites for hydroxylation is 1. The van der Waals surface area contributed by atoms with Crippen LogP contribution >= 0.6 is 0 Å². The van der Waals surface area contributed by atoms with Crippen LogP contribution in [0.3, 0.4) is 0 Å². The van der Waals surface area contributed by atoms with Crippen LogP contribution in [-0.2, 0) is 6.54 Å². The van der Waals surface area contributed by atoms with Gasteiger partial charge in [0.15, 0.2) is 0 Å². The molecule has 24 heavy (non-hydrogen) atoms. The second-order valence-corrected chi connectivity index (χ2v) is 6.55. The van der Waals surface area contributed by atoms with Crippen LogP contribution in [0.1, 0.15) is 52.9 Å². The molecule has 1 N–H and O–H groups in total. The second kappa shape index (κ2) is 10.3. The summed E-state index contributed by atoms with van der Waals surface area (Å²) in [6.07, 6.45) is 6.23. The van der Waals surface area contributed by atoms with Crippen molar-refractivity contribution in [2.45, 2.75) is 59.4 Å². The van der Waals surface area contributed by atoms with E-state index in [9.17, 15) is 0 Å². The molecule has 2 aromatic rings. The van der Waals surface area contributed by atoms with Crippen LogP contribution < -0.4 is 5.32 Å². The predicted octanol–water partition coefficient (Wildman–Crippen LogP) is 4.76. The predicted molar refractivity (Wildman–Crippen MR) is 105 cm³/mol. The second-order valence-electron chi connectivity index (χ2n) is 6.55. The third kappa shape index (κ3) is 5.23. The van der Waals surface area contributed by atoms with E-state index in [1.165, 1.54) is 44.3 Å². The normalized spacial score (nSPS) is 11.5. The molecular formula is C20H34N4. The van der Waals surface area contributed by atoms with Crippen LogP contribution in [0, 0.1) is 0 Å². The zero-order valence-corrected chi connectivity index (χ0v) is 15.7. The van der Waals surface area contributed by atoms with Crippen molar-refractivity contribution < 1.29 is 0 Å². The Morgan fingerprint density at radius 1 is 0.958 bits per heavy atom. The standard InChI is InChI=1S/C20H34N4/c1-4-7-15-23(16-8-5-2)17-13-21-20-22-18-11-9-10-12-19(18)24(20)14-6-3/h9-12H,4-8,13-17H2,1-3H3,(H,21,22). The van der Waals surface area contributed by atoms with Crippen LogP contribution in [0.15, 0.2) is 24.3 Å². The maximum Gasteiger partial charge on any atom is 0.203 e. The average molecular weight is 331 g/mol. The van der Waals surface area contributed by atoms with Gasteiger partial charge in [-0.15, -0.1) is 0 Å². The summed E-state index contributed by atoms with van der Waals surface area (Å²) in [5, 5.41) is 3.58. The fraction of sp³-hybridized carbons (Fsp3) is 0.650. The van der Waals surface area contributed by atoms with E-state index in [1.54, 1.807) is 0 Å². The molecule has 0 spiro atoms. The highest BCUT2D eigenvalue weighted by atomic mass is 15.2. The molecule has 0 saturated carbocycles. The van der Waals surface area contributed by atoms with Crippen molar-refractivity contribution in [2.75, 3.05) is 31.5 Å². The SMILES string of the molecule is CCCCN(CCCC)CCNc1nc2ccccc2n1CCC. The molecule has 1 aromatic carbocycles. The van der Waals surface area contributed by atoms with E-state index < -0.39 is 0 Å². The van der Waals surface area contributed by atoms with Gasteiger partial charge in [-0.3, -0.25) is 0 Å². The van der Waals surface area contributed by atoms with Gasteiger partial charge in [0.05, 0.1) is 11.0 Å². The summed E-state index contributed by atoms with van der Waals surface area (Å²) in [4.78, 5) is 7.38. The third-order valence-corrected chi connectivity index (χ3v) is 4.47. The Kier molecular flexibility index (Phi) is 8.10. The van der Waals surface area contributed by atoms with Crippen molar-refractivity contribution in [3.8, 4) is 0 Å². The number of hydrogen-bond acceptors (Lipinski definition) is 3. The van der Waals surface area contributed by atoms with Gasteiger partial charge in [-0.2, -0.15) is 0 Å². The van der Waals surface area contributed by atoms with Crippen LogP contribution in [0.5, 0.6) is 0 Å². The largest absolute Gasteiger partial charge is 0.354 e. The number of aromatic nitrogens is 2. The molecule has 0 fully saturated rings. The van der Waals surface area contributed by atoms with Gasteiger partial charge in [-0.25, -0.2) is 4.98 Å². The highest BCUT2D eigenvalue weighted by Crippen LogP contribution is 2.19. The van der Waals surface area contributed by atoms with E-state index >= 15 is 0 Å². The zero-order chi connectivity index (χ0) is 17.2. The van der Waals surface area contributed by atoms with Crippen molar-refractivity contribution >= 4 is 17.0 Å². The van der Waals surface area contributed by atoms with Crippen LogP contribution in [0.25, 0.3) is 11.0 Å². The summed E-state index contributed by atoms with van der Waals surface area (Å²) in [5.74, 6) is 1.02. The number of rotatable bonds is 12. The summed E-state index contributed by atoms with van der Waals surface area (Å²) in [6.45, 7) is 12.2. The molecule has 0 saturated heterocycles. The molecule has 0 aliphatic heterocycles. The van der Waals surface area contributed by atoms with Gasteiger partial charge in [0.2, 0.25) is 5.95 Å². The third-order valence-electron chi connectivity index (χ3n) is 4.47. The monoisotopic (exact) mass is 330 g/mol. The molecule has 2 rings (SSSR count). The summed E-state index contributed by atoms with van der Waals surface area (Å²) in [7, 11) is 0. The number of para-hydroxylation sites is 2. The summed E-state index contributed by atoms with van der Waals surface area (Å²) in [5.41, 5.74) is 2.32. The van der Waals surface area contributed by atoms with Crippen LogP contribution in [0.2, 0.25) is 0 Å². The summed E-state index contributed by atoms with van der Waals surface area (Å²) < 4.78 is 2.32. The number of unbranched alkanes of at least 4 members (excludes halogenated alkanes) is 2. The first-order chi connectivity index (χ1) is 11.8. The van der Waals surface area contributed by atoms with Gasteiger partial charge in [0.25, 0.3) is 0 Å². The number of imidazole rings is 1. The molecule has 0 radical (unpaired) electrons. The number of fused-ring (bicyclic) bond motifs is 1. The quantitative estimate of drug-likeness (QED) is 0.609. The van der Waals surface area contributed by atoms with E-state index in [1.807, 2.05) is 0 Å². The maximum absolute atomic E-state index is 4.79. The molecule has 0 atom stereocenters. The molecule has 0 aliphatic rings. The highest BCUT2D eigenvalue weighted by molar-refractivity contribution is 5.78. The Bertz CT molecular complexity index is 582. The van der Waals surface area contributed by atoms with Crippen molar-refractivity contribution in [3.05, 3.63) is 24.3 Å². The maximum atomic E-state index is 4.79. The number of hydrogen-bond donors (Lipinski definition) is 1. The first-order valence-electron chi connectivity index (χ1n) is 9.71. The first-order valence-corrected chi connectivity index (χ1v) is 9.71. The topological polar surface area (TPSA) is 33.1 Å². The number of benzene rings is 1. The van der Waals surface area contributed by atoms with E-state index in [0.29, 0.717) is 0 Å². The van der Waals surface area contributed by atoms with Crippen molar-refractivity contribution in [3.63, 3.8) is 0 Å². The van der Waals surface area contributed by atoms with Gasteiger partial charge >= 0.3 is 0 Å². The van der Waals surface area contributed by atoms with Gasteiger partial charge < -0.3 is 14.8 Å². The molecule has 1 aromatic heterocycles. The molecule has 0 aliphatic carbocycles. The molecule has 4 heteroatoms. The zero-order valence-electron chi connectivity index (χ0n) is 15.7. The van der Waals surface area contributed by atoms with Gasteiger partial charge in [-0.1, -0.05) is 45.7 Å². The van der Waals surface area contributed by atoms with E-state index in [-0.39, 0.29) is 0 Å². The van der Waals surface area contributed by atoms with E-state index in [4.69, 9.17) is 4.98 Å². The lowest BCUT2D eigenvalue weighted by Gasteiger charge is -2.22. The summed E-state index contributed by atoms with van der Waals surface area (Å²) in [6, 6.07) is 8.42. The van der Waals surface area contributed by atoms with Crippen molar-refractivity contribution in [1.82, 2.24) is 14.5 Å². The van der Waals surface area contributed by atoms with E-state index in [2.05, 4.69) is 59.8 Å². The van der Waals surface area contributed by atoms with Gasteiger partial charge in [0.1, 0.15) is 0 Å². The minimum absolute atomic E-state index is 0.959. The van der Waals surface area contributed by atoms with Crippen LogP contribution in [-0.4, -0.2) is 40.6 Å². The number of nitrogens with zero attached hydrogens (tertiary/aromatic N) is 3. The molecule has 4 nitrogen and oxygen atoms in total. The van der Waals surface area contributed by atoms with Gasteiger partial charge in [-0.05, 0) is 44.5 Å². The Morgan fingerprint density at radius 2 is 1.67 bits per heavy atom. The lowest BCUT2D eigenvalue weighted by molar-refractivity contribution is 0.275. The average Bonchev–Trinajstić information content (AvgIpc) is 2.95. The Morgan fingerprint density at radius 3 is 2.33 bits per heavy atom. The highest BCUT2D eigenvalue weighted by Gasteiger charge is 2.10. The smallest absolute Gasteiger partial charge is 0.203 e. The van der Waals surface area contributed by atoms with Crippen molar-refractivity contribution in [1.29, 1.82) is 0 Å². The van der Waals surface area contributed by atoms with Gasteiger partial charge in [0, 0.05) is 19.6 Å². The fourth-order valence-electron chi connectivity index (χ4n) is 3.09. The molecule has 1 heterocycles. The molecule has 0 bridgehead atoms. The molecule has 134 valence electrons. The Balaban J connectivity index is 1.97. The van der Waals surface area contributed by atoms with E-state index in [0.717, 1.165) is 37.5 Å². The fourth-order valence-corrected chi connectivity index (χ4v) is 3.09. The van der Waals surface area contributed by atoms with Crippen LogP contribution in [0.4, 0.5) is 5.95 Å². The number of anilines is 1. The Labute approximate surface area is 147 Å². The first kappa shape index (κ1) is 18.8. The molecule has 0 amide bonds. The molecular weight excluding hydrogens is 296 g/mol. The lowest BCUT2D eigenvalue weighted by atomic mass is 10.2. The summed E-state index contributed by atoms with van der Waals surface area (Å²) >= 11 is 0. The Hall–Kier alpha value is -1.55. The van der Waals surface area contributed by atoms with Crippen molar-refractivity contribution in [2.24, 2.45) is 0 Å². The lowest BCUT2D eigenvalue weighted by Crippen LogP contribution is -2.31. The molecule has 0 unspecified atom stereocenters. The minimum atomic E-state index is 0.959.